The molecule has 2 N–H and O–H groups in total. The highest BCUT2D eigenvalue weighted by atomic mass is 35.5. The fraction of sp³-hybridized carbons (Fsp3) is 0.571. The number of methoxy groups -OCH3 is 1. The molecule has 0 spiro atoms. The largest absolute Gasteiger partial charge is 0.495 e. The second-order valence-electron chi connectivity index (χ2n) is 5.62. The molecule has 0 fully saturated rings. The summed E-state index contributed by atoms with van der Waals surface area (Å²) in [5.41, 5.74) is 5.62. The molecule has 0 aromatic heterocycles. The molecular formula is C14H24ClN3O5S. The van der Waals surface area contributed by atoms with E-state index >= 15 is 0 Å². The van der Waals surface area contributed by atoms with Crippen molar-refractivity contribution in [2.24, 2.45) is 11.7 Å². The van der Waals surface area contributed by atoms with Crippen molar-refractivity contribution in [2.45, 2.75) is 31.2 Å². The number of non-ortho nitro benzene ring substituents is 1. The SMILES string of the molecule is COc1ccc([N+](=O)[O-])cc1S(=O)(=O)N(C)CCC(N)C(C)C.Cl. The Kier molecular flexibility index (Phi) is 8.62. The maximum atomic E-state index is 12.7. The van der Waals surface area contributed by atoms with Crippen LogP contribution in [0, 0.1) is 16.0 Å². The summed E-state index contributed by atoms with van der Waals surface area (Å²) in [6, 6.07) is 3.36. The molecule has 24 heavy (non-hydrogen) atoms. The minimum Gasteiger partial charge on any atom is -0.495 e. The van der Waals surface area contributed by atoms with E-state index in [2.05, 4.69) is 0 Å². The van der Waals surface area contributed by atoms with Gasteiger partial charge in [0.1, 0.15) is 10.6 Å². The summed E-state index contributed by atoms with van der Waals surface area (Å²) < 4.78 is 31.5. The first-order chi connectivity index (χ1) is 10.6. The van der Waals surface area contributed by atoms with Crippen molar-refractivity contribution in [1.29, 1.82) is 0 Å². The van der Waals surface area contributed by atoms with Crippen molar-refractivity contribution in [2.75, 3.05) is 20.7 Å². The van der Waals surface area contributed by atoms with Gasteiger partial charge in [0.05, 0.1) is 12.0 Å². The van der Waals surface area contributed by atoms with Gasteiger partial charge < -0.3 is 10.5 Å². The topological polar surface area (TPSA) is 116 Å². The third-order valence-electron chi connectivity index (χ3n) is 3.68. The summed E-state index contributed by atoms with van der Waals surface area (Å²) in [4.78, 5) is 10.0. The van der Waals surface area contributed by atoms with Gasteiger partial charge in [-0.15, -0.1) is 12.4 Å². The van der Waals surface area contributed by atoms with Crippen molar-refractivity contribution < 1.29 is 18.1 Å². The Morgan fingerprint density at radius 3 is 2.42 bits per heavy atom. The zero-order valence-corrected chi connectivity index (χ0v) is 15.8. The Labute approximate surface area is 148 Å². The maximum Gasteiger partial charge on any atom is 0.271 e. The van der Waals surface area contributed by atoms with Gasteiger partial charge in [-0.3, -0.25) is 10.1 Å². The molecule has 138 valence electrons. The standard InChI is InChI=1S/C14H23N3O5S.ClH/c1-10(2)12(15)7-8-16(3)23(20,21)14-9-11(17(18)19)5-6-13(14)22-4;/h5-6,9-10,12H,7-8,15H2,1-4H3;1H. The molecule has 8 nitrogen and oxygen atoms in total. The van der Waals surface area contributed by atoms with Crippen LogP contribution >= 0.6 is 12.4 Å². The minimum atomic E-state index is -3.91. The van der Waals surface area contributed by atoms with E-state index < -0.39 is 14.9 Å². The van der Waals surface area contributed by atoms with Crippen LogP contribution in [0.1, 0.15) is 20.3 Å². The van der Waals surface area contributed by atoms with Crippen LogP contribution in [0.2, 0.25) is 0 Å². The summed E-state index contributed by atoms with van der Waals surface area (Å²) in [7, 11) is -1.18. The number of sulfonamides is 1. The van der Waals surface area contributed by atoms with Crippen LogP contribution in [0.4, 0.5) is 5.69 Å². The molecule has 10 heteroatoms. The highest BCUT2D eigenvalue weighted by Crippen LogP contribution is 2.30. The van der Waals surface area contributed by atoms with Gasteiger partial charge in [-0.05, 0) is 18.4 Å². The normalized spacial score (nSPS) is 12.8. The van der Waals surface area contributed by atoms with Crippen molar-refractivity contribution in [1.82, 2.24) is 4.31 Å². The van der Waals surface area contributed by atoms with Crippen LogP contribution in [0.3, 0.4) is 0 Å². The maximum absolute atomic E-state index is 12.7. The summed E-state index contributed by atoms with van der Waals surface area (Å²) in [6.07, 6.45) is 0.491. The average molecular weight is 382 g/mol. The number of nitrogens with two attached hydrogens (primary N) is 1. The van der Waals surface area contributed by atoms with E-state index in [1.54, 1.807) is 0 Å². The van der Waals surface area contributed by atoms with Crippen LogP contribution in [0.5, 0.6) is 5.75 Å². The molecular weight excluding hydrogens is 358 g/mol. The Bertz CT molecular complexity index is 666. The lowest BCUT2D eigenvalue weighted by molar-refractivity contribution is -0.385. The number of benzene rings is 1. The van der Waals surface area contributed by atoms with E-state index in [4.69, 9.17) is 10.5 Å². The van der Waals surface area contributed by atoms with Gasteiger partial charge >= 0.3 is 0 Å². The summed E-state index contributed by atoms with van der Waals surface area (Å²) in [5.74, 6) is 0.300. The molecule has 1 aromatic carbocycles. The zero-order valence-electron chi connectivity index (χ0n) is 14.1. The Hall–Kier alpha value is -1.42. The summed E-state index contributed by atoms with van der Waals surface area (Å²) in [6.45, 7) is 4.14. The predicted octanol–water partition coefficient (Wildman–Crippen LogP) is 2.02. The van der Waals surface area contributed by atoms with Crippen molar-refractivity contribution in [3.05, 3.63) is 28.3 Å². The number of halogens is 1. The molecule has 1 atom stereocenters. The number of hydrogen-bond acceptors (Lipinski definition) is 6. The molecule has 0 aliphatic rings. The molecule has 1 rings (SSSR count). The molecule has 0 saturated carbocycles. The summed E-state index contributed by atoms with van der Waals surface area (Å²) in [5, 5.41) is 10.9. The molecule has 1 aromatic rings. The number of nitro groups is 1. The van der Waals surface area contributed by atoms with Gasteiger partial charge in [0.15, 0.2) is 0 Å². The van der Waals surface area contributed by atoms with Crippen LogP contribution < -0.4 is 10.5 Å². The Balaban J connectivity index is 0.00000529. The van der Waals surface area contributed by atoms with Gasteiger partial charge in [0.25, 0.3) is 5.69 Å². The number of ether oxygens (including phenoxy) is 1. The highest BCUT2D eigenvalue weighted by molar-refractivity contribution is 7.89. The minimum absolute atomic E-state index is 0. The van der Waals surface area contributed by atoms with E-state index in [-0.39, 0.29) is 47.2 Å². The number of hydrogen-bond donors (Lipinski definition) is 1. The van der Waals surface area contributed by atoms with Gasteiger partial charge in [-0.1, -0.05) is 13.8 Å². The lowest BCUT2D eigenvalue weighted by Gasteiger charge is -2.22. The number of rotatable bonds is 8. The second kappa shape index (κ2) is 9.16. The van der Waals surface area contributed by atoms with E-state index in [0.29, 0.717) is 6.42 Å². The van der Waals surface area contributed by atoms with Crippen LogP contribution in [-0.4, -0.2) is 44.4 Å². The monoisotopic (exact) mass is 381 g/mol. The fourth-order valence-electron chi connectivity index (χ4n) is 1.93. The van der Waals surface area contributed by atoms with Gasteiger partial charge in [-0.25, -0.2) is 12.7 Å². The molecule has 0 aliphatic heterocycles. The molecule has 0 aliphatic carbocycles. The molecule has 0 radical (unpaired) electrons. The average Bonchev–Trinajstić information content (AvgIpc) is 2.50. The van der Waals surface area contributed by atoms with Crippen LogP contribution in [-0.2, 0) is 10.0 Å². The van der Waals surface area contributed by atoms with Crippen molar-refractivity contribution in [3.8, 4) is 5.75 Å². The third kappa shape index (κ3) is 5.30. The zero-order chi connectivity index (χ0) is 17.8. The quantitative estimate of drug-likeness (QED) is 0.544. The first-order valence-electron chi connectivity index (χ1n) is 7.15. The fourth-order valence-corrected chi connectivity index (χ4v) is 3.29. The molecule has 1 unspecified atom stereocenters. The molecule has 0 amide bonds. The smallest absolute Gasteiger partial charge is 0.271 e. The first kappa shape index (κ1) is 22.6. The van der Waals surface area contributed by atoms with E-state index in [9.17, 15) is 18.5 Å². The number of nitrogens with zero attached hydrogens (tertiary/aromatic N) is 2. The lowest BCUT2D eigenvalue weighted by atomic mass is 10.0. The Morgan fingerprint density at radius 2 is 1.96 bits per heavy atom. The van der Waals surface area contributed by atoms with Crippen LogP contribution in [0.15, 0.2) is 23.1 Å². The van der Waals surface area contributed by atoms with Crippen LogP contribution in [0.25, 0.3) is 0 Å². The van der Waals surface area contributed by atoms with E-state index in [0.717, 1.165) is 10.4 Å². The number of nitro benzene ring substituents is 1. The molecule has 0 heterocycles. The second-order valence-corrected chi connectivity index (χ2v) is 7.63. The van der Waals surface area contributed by atoms with Gasteiger partial charge in [0, 0.05) is 31.8 Å². The first-order valence-corrected chi connectivity index (χ1v) is 8.59. The molecule has 0 saturated heterocycles. The predicted molar refractivity (Wildman–Crippen MR) is 94.1 cm³/mol. The molecule has 0 bridgehead atoms. The van der Waals surface area contributed by atoms with Crippen molar-refractivity contribution >= 4 is 28.1 Å². The highest BCUT2D eigenvalue weighted by Gasteiger charge is 2.27. The van der Waals surface area contributed by atoms with Gasteiger partial charge in [-0.2, -0.15) is 0 Å². The Morgan fingerprint density at radius 1 is 1.38 bits per heavy atom. The summed E-state index contributed by atoms with van der Waals surface area (Å²) >= 11 is 0. The van der Waals surface area contributed by atoms with E-state index in [1.807, 2.05) is 13.8 Å². The third-order valence-corrected chi connectivity index (χ3v) is 5.56. The lowest BCUT2D eigenvalue weighted by Crippen LogP contribution is -2.34. The van der Waals surface area contributed by atoms with E-state index in [1.165, 1.54) is 26.3 Å². The van der Waals surface area contributed by atoms with Gasteiger partial charge in [0.2, 0.25) is 10.0 Å². The van der Waals surface area contributed by atoms with Crippen molar-refractivity contribution in [3.63, 3.8) is 0 Å².